The average Bonchev–Trinajstić information content (AvgIpc) is 2.47. The highest BCUT2D eigenvalue weighted by Crippen LogP contribution is 2.17. The van der Waals surface area contributed by atoms with Gasteiger partial charge in [0.05, 0.1) is 0 Å². The molecular formula is C14H15N3OS. The molecule has 0 aliphatic carbocycles. The Hall–Kier alpha value is -1.88. The Morgan fingerprint density at radius 2 is 2.16 bits per heavy atom. The number of thioether (sulfide) groups is 1. The lowest BCUT2D eigenvalue weighted by molar-refractivity contribution is 0.0778. The first-order valence-corrected chi connectivity index (χ1v) is 7.09. The zero-order valence-corrected chi connectivity index (χ0v) is 11.7. The van der Waals surface area contributed by atoms with E-state index in [4.69, 9.17) is 0 Å². The molecule has 4 nitrogen and oxygen atoms in total. The monoisotopic (exact) mass is 273 g/mol. The molecule has 0 fully saturated rings. The predicted molar refractivity (Wildman–Crippen MR) is 76.1 cm³/mol. The topological polar surface area (TPSA) is 46.1 Å². The molecule has 0 unspecified atom stereocenters. The second kappa shape index (κ2) is 6.33. The Kier molecular flexibility index (Phi) is 4.52. The Morgan fingerprint density at radius 1 is 1.32 bits per heavy atom. The second-order valence-electron chi connectivity index (χ2n) is 4.12. The summed E-state index contributed by atoms with van der Waals surface area (Å²) in [5.74, 6) is -0.123. The van der Waals surface area contributed by atoms with Gasteiger partial charge in [-0.3, -0.25) is 4.79 Å². The van der Waals surface area contributed by atoms with Crippen molar-refractivity contribution >= 4 is 17.7 Å². The van der Waals surface area contributed by atoms with Gasteiger partial charge in [0.25, 0.3) is 5.91 Å². The van der Waals surface area contributed by atoms with E-state index in [-0.39, 0.29) is 5.91 Å². The zero-order chi connectivity index (χ0) is 13.7. The zero-order valence-electron chi connectivity index (χ0n) is 10.9. The van der Waals surface area contributed by atoms with Gasteiger partial charge < -0.3 is 4.90 Å². The van der Waals surface area contributed by atoms with Crippen LogP contribution in [0.25, 0.3) is 0 Å². The van der Waals surface area contributed by atoms with Gasteiger partial charge in [0.1, 0.15) is 0 Å². The third kappa shape index (κ3) is 3.54. The summed E-state index contributed by atoms with van der Waals surface area (Å²) in [5, 5.41) is 7.55. The van der Waals surface area contributed by atoms with Crippen molar-refractivity contribution in [1.29, 1.82) is 0 Å². The van der Waals surface area contributed by atoms with E-state index in [0.29, 0.717) is 12.2 Å². The molecule has 2 rings (SSSR count). The molecule has 0 atom stereocenters. The lowest BCUT2D eigenvalue weighted by atomic mass is 10.2. The van der Waals surface area contributed by atoms with Crippen LogP contribution in [0.2, 0.25) is 0 Å². The van der Waals surface area contributed by atoms with Crippen molar-refractivity contribution < 1.29 is 4.79 Å². The highest BCUT2D eigenvalue weighted by atomic mass is 32.2. The highest BCUT2D eigenvalue weighted by Gasteiger charge is 2.13. The SMILES string of the molecule is CSc1cccc(CN(C)C(=O)c2cccnn2)c1. The van der Waals surface area contributed by atoms with Gasteiger partial charge >= 0.3 is 0 Å². The van der Waals surface area contributed by atoms with Crippen molar-refractivity contribution in [2.75, 3.05) is 13.3 Å². The first-order chi connectivity index (χ1) is 9.20. The number of nitrogens with zero attached hydrogens (tertiary/aromatic N) is 3. The Bertz CT molecular complexity index is 560. The van der Waals surface area contributed by atoms with Crippen LogP contribution < -0.4 is 0 Å². The molecule has 1 aromatic heterocycles. The summed E-state index contributed by atoms with van der Waals surface area (Å²) in [6.07, 6.45) is 3.59. The molecule has 0 radical (unpaired) electrons. The number of carbonyl (C=O) groups excluding carboxylic acids is 1. The molecule has 0 aliphatic rings. The van der Waals surface area contributed by atoms with Crippen molar-refractivity contribution in [3.05, 3.63) is 53.9 Å². The third-order valence-corrected chi connectivity index (χ3v) is 3.42. The van der Waals surface area contributed by atoms with Gasteiger partial charge in [-0.25, -0.2) is 0 Å². The Labute approximate surface area is 116 Å². The molecule has 0 N–H and O–H groups in total. The van der Waals surface area contributed by atoms with Crippen molar-refractivity contribution in [2.45, 2.75) is 11.4 Å². The Balaban J connectivity index is 2.08. The van der Waals surface area contributed by atoms with Crippen LogP contribution in [-0.2, 0) is 6.54 Å². The van der Waals surface area contributed by atoms with E-state index in [9.17, 15) is 4.79 Å². The van der Waals surface area contributed by atoms with Gasteiger partial charge in [-0.2, -0.15) is 5.10 Å². The van der Waals surface area contributed by atoms with Gasteiger partial charge in [-0.05, 0) is 36.1 Å². The van der Waals surface area contributed by atoms with Crippen LogP contribution in [0.15, 0.2) is 47.5 Å². The van der Waals surface area contributed by atoms with Crippen LogP contribution in [0.1, 0.15) is 16.1 Å². The lowest BCUT2D eigenvalue weighted by Crippen LogP contribution is -2.27. The summed E-state index contributed by atoms with van der Waals surface area (Å²) in [4.78, 5) is 15.0. The highest BCUT2D eigenvalue weighted by molar-refractivity contribution is 7.98. The van der Waals surface area contributed by atoms with E-state index >= 15 is 0 Å². The van der Waals surface area contributed by atoms with E-state index in [1.165, 1.54) is 4.90 Å². The smallest absolute Gasteiger partial charge is 0.274 e. The molecule has 1 aromatic carbocycles. The molecule has 98 valence electrons. The van der Waals surface area contributed by atoms with Crippen molar-refractivity contribution in [1.82, 2.24) is 15.1 Å². The quantitative estimate of drug-likeness (QED) is 0.803. The molecule has 1 heterocycles. The minimum Gasteiger partial charge on any atom is -0.336 e. The number of hydrogen-bond acceptors (Lipinski definition) is 4. The summed E-state index contributed by atoms with van der Waals surface area (Å²) in [7, 11) is 1.77. The first-order valence-electron chi connectivity index (χ1n) is 5.87. The summed E-state index contributed by atoms with van der Waals surface area (Å²) < 4.78 is 0. The lowest BCUT2D eigenvalue weighted by Gasteiger charge is -2.16. The van der Waals surface area contributed by atoms with Crippen LogP contribution in [0.4, 0.5) is 0 Å². The number of carbonyl (C=O) groups is 1. The van der Waals surface area contributed by atoms with E-state index in [1.54, 1.807) is 42.0 Å². The van der Waals surface area contributed by atoms with Crippen LogP contribution >= 0.6 is 11.8 Å². The summed E-state index contributed by atoms with van der Waals surface area (Å²) in [5.41, 5.74) is 1.47. The third-order valence-electron chi connectivity index (χ3n) is 2.69. The fourth-order valence-electron chi connectivity index (χ4n) is 1.73. The van der Waals surface area contributed by atoms with Gasteiger partial charge in [-0.15, -0.1) is 16.9 Å². The normalized spacial score (nSPS) is 10.2. The van der Waals surface area contributed by atoms with E-state index < -0.39 is 0 Å². The maximum atomic E-state index is 12.1. The maximum absolute atomic E-state index is 12.1. The summed E-state index contributed by atoms with van der Waals surface area (Å²) >= 11 is 1.69. The minimum atomic E-state index is -0.123. The van der Waals surface area contributed by atoms with Gasteiger partial charge in [0.2, 0.25) is 0 Å². The van der Waals surface area contributed by atoms with Crippen molar-refractivity contribution in [3.8, 4) is 0 Å². The van der Waals surface area contributed by atoms with Gasteiger partial charge in [0.15, 0.2) is 5.69 Å². The standard InChI is InChI=1S/C14H15N3OS/c1-17(14(18)13-7-4-8-15-16-13)10-11-5-3-6-12(9-11)19-2/h3-9H,10H2,1-2H3. The fraction of sp³-hybridized carbons (Fsp3) is 0.214. The molecule has 0 spiro atoms. The summed E-state index contributed by atoms with van der Waals surface area (Å²) in [6, 6.07) is 11.5. The number of benzene rings is 1. The second-order valence-corrected chi connectivity index (χ2v) is 5.00. The van der Waals surface area contributed by atoms with Crippen molar-refractivity contribution in [2.24, 2.45) is 0 Å². The average molecular weight is 273 g/mol. The van der Waals surface area contributed by atoms with Crippen LogP contribution in [0.3, 0.4) is 0 Å². The Morgan fingerprint density at radius 3 is 2.84 bits per heavy atom. The molecule has 0 aliphatic heterocycles. The van der Waals surface area contributed by atoms with E-state index in [1.807, 2.05) is 18.4 Å². The van der Waals surface area contributed by atoms with Crippen LogP contribution in [0, 0.1) is 0 Å². The first kappa shape index (κ1) is 13.5. The molecule has 0 saturated heterocycles. The van der Waals surface area contributed by atoms with Crippen LogP contribution in [0.5, 0.6) is 0 Å². The molecule has 5 heteroatoms. The number of aromatic nitrogens is 2. The molecule has 0 bridgehead atoms. The summed E-state index contributed by atoms with van der Waals surface area (Å²) in [6.45, 7) is 0.559. The van der Waals surface area contributed by atoms with E-state index in [0.717, 1.165) is 5.56 Å². The van der Waals surface area contributed by atoms with Gasteiger partial charge in [-0.1, -0.05) is 12.1 Å². The number of rotatable bonds is 4. The largest absolute Gasteiger partial charge is 0.336 e. The number of hydrogen-bond donors (Lipinski definition) is 0. The molecule has 2 aromatic rings. The van der Waals surface area contributed by atoms with Crippen LogP contribution in [-0.4, -0.2) is 34.3 Å². The maximum Gasteiger partial charge on any atom is 0.274 e. The van der Waals surface area contributed by atoms with Gasteiger partial charge in [0, 0.05) is 24.7 Å². The number of amides is 1. The molecule has 1 amide bonds. The predicted octanol–water partition coefficient (Wildman–Crippen LogP) is 2.47. The van der Waals surface area contributed by atoms with Crippen molar-refractivity contribution in [3.63, 3.8) is 0 Å². The minimum absolute atomic E-state index is 0.123. The van der Waals surface area contributed by atoms with E-state index in [2.05, 4.69) is 22.3 Å². The fourth-order valence-corrected chi connectivity index (χ4v) is 2.21. The molecule has 19 heavy (non-hydrogen) atoms. The molecule has 0 saturated carbocycles. The molecular weight excluding hydrogens is 258 g/mol.